The van der Waals surface area contributed by atoms with Gasteiger partial charge in [0.2, 0.25) is 0 Å². The SMILES string of the molecule is Cn1cc(C(=O)c2ccc(C#N)cc2)cc1/C=C1\SC(=S)NC1=O. The Morgan fingerprint density at radius 1 is 1.33 bits per heavy atom. The van der Waals surface area contributed by atoms with Crippen LogP contribution in [0.25, 0.3) is 6.08 Å². The van der Waals surface area contributed by atoms with Gasteiger partial charge in [-0.05, 0) is 36.4 Å². The second-order valence-corrected chi connectivity index (χ2v) is 6.85. The zero-order chi connectivity index (χ0) is 17.3. The smallest absolute Gasteiger partial charge is 0.263 e. The molecule has 1 saturated heterocycles. The molecular formula is C17H11N3O2S2. The maximum absolute atomic E-state index is 12.5. The van der Waals surface area contributed by atoms with Gasteiger partial charge in [-0.15, -0.1) is 0 Å². The van der Waals surface area contributed by atoms with Crippen LogP contribution in [-0.4, -0.2) is 20.6 Å². The van der Waals surface area contributed by atoms with Crippen molar-refractivity contribution in [3.8, 4) is 6.07 Å². The summed E-state index contributed by atoms with van der Waals surface area (Å²) in [6, 6.07) is 10.2. The second-order valence-electron chi connectivity index (χ2n) is 5.14. The summed E-state index contributed by atoms with van der Waals surface area (Å²) in [7, 11) is 1.80. The van der Waals surface area contributed by atoms with E-state index in [1.165, 1.54) is 11.8 Å². The van der Waals surface area contributed by atoms with Crippen LogP contribution in [-0.2, 0) is 11.8 Å². The van der Waals surface area contributed by atoms with E-state index in [2.05, 4.69) is 5.32 Å². The van der Waals surface area contributed by atoms with Crippen LogP contribution in [0.2, 0.25) is 0 Å². The van der Waals surface area contributed by atoms with E-state index in [0.717, 1.165) is 5.69 Å². The van der Waals surface area contributed by atoms with E-state index >= 15 is 0 Å². The van der Waals surface area contributed by atoms with Crippen molar-refractivity contribution in [2.24, 2.45) is 7.05 Å². The van der Waals surface area contributed by atoms with E-state index in [1.807, 2.05) is 6.07 Å². The number of nitrogens with one attached hydrogen (secondary N) is 1. The van der Waals surface area contributed by atoms with Crippen molar-refractivity contribution in [1.82, 2.24) is 9.88 Å². The summed E-state index contributed by atoms with van der Waals surface area (Å²) in [5.74, 6) is -0.370. The summed E-state index contributed by atoms with van der Waals surface area (Å²) in [4.78, 5) is 24.8. The van der Waals surface area contributed by atoms with Crippen LogP contribution in [0, 0.1) is 11.3 Å². The Morgan fingerprint density at radius 2 is 2.04 bits per heavy atom. The zero-order valence-electron chi connectivity index (χ0n) is 12.6. The van der Waals surface area contributed by atoms with Crippen LogP contribution in [0.15, 0.2) is 41.4 Å². The highest BCUT2D eigenvalue weighted by Gasteiger charge is 2.22. The van der Waals surface area contributed by atoms with Crippen molar-refractivity contribution in [2.45, 2.75) is 0 Å². The molecule has 0 radical (unpaired) electrons. The predicted octanol–water partition coefficient (Wildman–Crippen LogP) is 2.62. The molecule has 2 heterocycles. The standard InChI is InChI=1S/C17H11N3O2S2/c1-20-9-12(15(21)11-4-2-10(8-18)3-5-11)6-13(20)7-14-16(22)19-17(23)24-14/h2-7,9H,1H3,(H,19,22,23)/b14-7-. The summed E-state index contributed by atoms with van der Waals surface area (Å²) in [5.41, 5.74) is 2.26. The molecule has 1 N–H and O–H groups in total. The summed E-state index contributed by atoms with van der Waals surface area (Å²) in [6.45, 7) is 0. The number of amides is 1. The van der Waals surface area contributed by atoms with E-state index in [0.29, 0.717) is 25.9 Å². The van der Waals surface area contributed by atoms with E-state index in [4.69, 9.17) is 17.5 Å². The van der Waals surface area contributed by atoms with Gasteiger partial charge < -0.3 is 9.88 Å². The first-order chi connectivity index (χ1) is 11.5. The highest BCUT2D eigenvalue weighted by Crippen LogP contribution is 2.26. The topological polar surface area (TPSA) is 74.9 Å². The summed E-state index contributed by atoms with van der Waals surface area (Å²) in [6.07, 6.45) is 3.41. The molecule has 1 amide bonds. The van der Waals surface area contributed by atoms with Gasteiger partial charge in [-0.3, -0.25) is 9.59 Å². The normalized spacial score (nSPS) is 15.4. The average Bonchev–Trinajstić information content (AvgIpc) is 3.09. The third kappa shape index (κ3) is 3.15. The number of rotatable bonds is 3. The maximum atomic E-state index is 12.5. The first-order valence-corrected chi connectivity index (χ1v) is 8.16. The molecule has 7 heteroatoms. The minimum absolute atomic E-state index is 0.140. The molecule has 24 heavy (non-hydrogen) atoms. The maximum Gasteiger partial charge on any atom is 0.263 e. The number of thiocarbonyl (C=S) groups is 1. The molecule has 5 nitrogen and oxygen atoms in total. The van der Waals surface area contributed by atoms with Crippen molar-refractivity contribution in [1.29, 1.82) is 5.26 Å². The monoisotopic (exact) mass is 353 g/mol. The summed E-state index contributed by atoms with van der Waals surface area (Å²) in [5, 5.41) is 11.4. The van der Waals surface area contributed by atoms with Gasteiger partial charge in [0, 0.05) is 30.1 Å². The van der Waals surface area contributed by atoms with Crippen LogP contribution in [0.1, 0.15) is 27.2 Å². The zero-order valence-corrected chi connectivity index (χ0v) is 14.2. The van der Waals surface area contributed by atoms with Crippen molar-refractivity contribution in [3.63, 3.8) is 0 Å². The molecule has 0 aliphatic carbocycles. The Morgan fingerprint density at radius 3 is 2.62 bits per heavy atom. The molecule has 1 aliphatic rings. The Hall–Kier alpha value is -2.69. The quantitative estimate of drug-likeness (QED) is 0.522. The van der Waals surface area contributed by atoms with Gasteiger partial charge in [-0.2, -0.15) is 5.26 Å². The third-order valence-electron chi connectivity index (χ3n) is 3.50. The number of ketones is 1. The molecule has 3 rings (SSSR count). The predicted molar refractivity (Wildman–Crippen MR) is 96.3 cm³/mol. The molecule has 1 aromatic carbocycles. The average molecular weight is 353 g/mol. The van der Waals surface area contributed by atoms with Crippen LogP contribution in [0.4, 0.5) is 0 Å². The van der Waals surface area contributed by atoms with Gasteiger partial charge >= 0.3 is 0 Å². The number of hydrogen-bond donors (Lipinski definition) is 1. The first kappa shape index (κ1) is 16.2. The van der Waals surface area contributed by atoms with Gasteiger partial charge in [0.05, 0.1) is 16.5 Å². The van der Waals surface area contributed by atoms with Crippen molar-refractivity contribution >= 4 is 46.1 Å². The molecule has 0 atom stereocenters. The molecule has 1 fully saturated rings. The number of aromatic nitrogens is 1. The fraction of sp³-hybridized carbons (Fsp3) is 0.0588. The number of hydrogen-bond acceptors (Lipinski definition) is 5. The van der Waals surface area contributed by atoms with Crippen molar-refractivity contribution in [2.75, 3.05) is 0 Å². The summed E-state index contributed by atoms with van der Waals surface area (Å²) < 4.78 is 2.20. The minimum atomic E-state index is -0.230. The van der Waals surface area contributed by atoms with Gasteiger partial charge in [0.1, 0.15) is 4.32 Å². The van der Waals surface area contributed by atoms with Gasteiger partial charge in [-0.1, -0.05) is 24.0 Å². The molecule has 0 bridgehead atoms. The lowest BCUT2D eigenvalue weighted by molar-refractivity contribution is -0.115. The number of nitrogens with zero attached hydrogens (tertiary/aromatic N) is 2. The van der Waals surface area contributed by atoms with E-state index < -0.39 is 0 Å². The molecule has 0 unspecified atom stereocenters. The van der Waals surface area contributed by atoms with Gasteiger partial charge in [0.25, 0.3) is 5.91 Å². The van der Waals surface area contributed by atoms with E-state index in [1.54, 1.807) is 54.2 Å². The number of carbonyl (C=O) groups is 2. The summed E-state index contributed by atoms with van der Waals surface area (Å²) >= 11 is 6.16. The second kappa shape index (κ2) is 6.43. The highest BCUT2D eigenvalue weighted by molar-refractivity contribution is 8.26. The minimum Gasteiger partial charge on any atom is -0.350 e. The van der Waals surface area contributed by atoms with E-state index in [-0.39, 0.29) is 11.7 Å². The van der Waals surface area contributed by atoms with E-state index in [9.17, 15) is 9.59 Å². The molecule has 0 spiro atoms. The highest BCUT2D eigenvalue weighted by atomic mass is 32.2. The number of carbonyl (C=O) groups excluding carboxylic acids is 2. The van der Waals surface area contributed by atoms with Crippen LogP contribution in [0.3, 0.4) is 0 Å². The molecule has 0 saturated carbocycles. The Bertz CT molecular complexity index is 934. The Balaban J connectivity index is 1.89. The Labute approximate surface area is 148 Å². The largest absolute Gasteiger partial charge is 0.350 e. The fourth-order valence-electron chi connectivity index (χ4n) is 2.27. The molecule has 1 aliphatic heterocycles. The van der Waals surface area contributed by atoms with Crippen LogP contribution < -0.4 is 5.32 Å². The van der Waals surface area contributed by atoms with Gasteiger partial charge in [0.15, 0.2) is 5.78 Å². The molecule has 2 aromatic rings. The van der Waals surface area contributed by atoms with Gasteiger partial charge in [-0.25, -0.2) is 0 Å². The number of nitriles is 1. The van der Waals surface area contributed by atoms with Crippen molar-refractivity contribution < 1.29 is 9.59 Å². The lowest BCUT2D eigenvalue weighted by atomic mass is 10.0. The van der Waals surface area contributed by atoms with Crippen LogP contribution >= 0.6 is 24.0 Å². The molecule has 118 valence electrons. The molecular weight excluding hydrogens is 342 g/mol. The fourth-order valence-corrected chi connectivity index (χ4v) is 3.30. The number of aryl methyl sites for hydroxylation is 1. The lowest BCUT2D eigenvalue weighted by Gasteiger charge is -1.97. The first-order valence-electron chi connectivity index (χ1n) is 6.94. The number of benzene rings is 1. The number of thioether (sulfide) groups is 1. The Kier molecular flexibility index (Phi) is 4.34. The third-order valence-corrected chi connectivity index (χ3v) is 4.67. The molecule has 1 aromatic heterocycles. The van der Waals surface area contributed by atoms with Crippen molar-refractivity contribution in [3.05, 3.63) is 63.8 Å². The van der Waals surface area contributed by atoms with Crippen LogP contribution in [0.5, 0.6) is 0 Å². The lowest BCUT2D eigenvalue weighted by Crippen LogP contribution is -2.17.